The maximum Gasteiger partial charge on any atom is 0.284 e. The zero-order valence-corrected chi connectivity index (χ0v) is 13.3. The highest BCUT2D eigenvalue weighted by atomic mass is 32.1. The van der Waals surface area contributed by atoms with Gasteiger partial charge in [-0.2, -0.15) is 4.37 Å². The highest BCUT2D eigenvalue weighted by molar-refractivity contribution is 7.07. The Bertz CT molecular complexity index is 648. The summed E-state index contributed by atoms with van der Waals surface area (Å²) < 4.78 is 4.05. The molecule has 1 aromatic heterocycles. The van der Waals surface area contributed by atoms with Crippen molar-refractivity contribution in [2.24, 2.45) is 0 Å². The first kappa shape index (κ1) is 15.1. The molecule has 116 valence electrons. The average Bonchev–Trinajstić information content (AvgIpc) is 2.95. The maximum absolute atomic E-state index is 12.3. The predicted molar refractivity (Wildman–Crippen MR) is 84.9 cm³/mol. The van der Waals surface area contributed by atoms with Crippen LogP contribution in [0.2, 0.25) is 0 Å². The monoisotopic (exact) mass is 317 g/mol. The fraction of sp³-hybridized carbons (Fsp3) is 0.438. The van der Waals surface area contributed by atoms with Crippen molar-refractivity contribution in [1.82, 2.24) is 14.3 Å². The first-order chi connectivity index (χ1) is 10.6. The van der Waals surface area contributed by atoms with Gasteiger partial charge in [0, 0.05) is 19.5 Å². The van der Waals surface area contributed by atoms with E-state index >= 15 is 0 Å². The SMILES string of the molecule is Cc1nsc(C(=O)N2CCC(O)(Cc3ccccc3)CC2)n1. The third-order valence-electron chi connectivity index (χ3n) is 4.07. The standard InChI is InChI=1S/C16H19N3O2S/c1-12-17-14(22-18-12)15(20)19-9-7-16(21,8-10-19)11-13-5-3-2-4-6-13/h2-6,21H,7-11H2,1H3. The number of piperidine rings is 1. The summed E-state index contributed by atoms with van der Waals surface area (Å²) in [6.07, 6.45) is 1.81. The van der Waals surface area contributed by atoms with E-state index in [1.165, 1.54) is 0 Å². The molecular weight excluding hydrogens is 298 g/mol. The number of likely N-dealkylation sites (tertiary alicyclic amines) is 1. The lowest BCUT2D eigenvalue weighted by Crippen LogP contribution is -2.47. The molecule has 1 amide bonds. The van der Waals surface area contributed by atoms with Gasteiger partial charge in [-0.15, -0.1) is 0 Å². The zero-order chi connectivity index (χ0) is 15.6. The third kappa shape index (κ3) is 3.34. The molecule has 1 aromatic carbocycles. The molecule has 0 atom stereocenters. The van der Waals surface area contributed by atoms with Crippen LogP contribution in [0.25, 0.3) is 0 Å². The largest absolute Gasteiger partial charge is 0.389 e. The van der Waals surface area contributed by atoms with Crippen LogP contribution in [0, 0.1) is 6.92 Å². The van der Waals surface area contributed by atoms with Crippen LogP contribution in [-0.4, -0.2) is 44.0 Å². The summed E-state index contributed by atoms with van der Waals surface area (Å²) in [5, 5.41) is 11.2. The number of carbonyl (C=O) groups is 1. The summed E-state index contributed by atoms with van der Waals surface area (Å²) in [6, 6.07) is 9.99. The normalized spacial score (nSPS) is 17.5. The number of rotatable bonds is 3. The summed E-state index contributed by atoms with van der Waals surface area (Å²) in [7, 11) is 0. The lowest BCUT2D eigenvalue weighted by atomic mass is 9.85. The molecule has 0 saturated carbocycles. The molecule has 6 heteroatoms. The second-order valence-electron chi connectivity index (χ2n) is 5.83. The van der Waals surface area contributed by atoms with Crippen LogP contribution in [0.15, 0.2) is 30.3 Å². The summed E-state index contributed by atoms with van der Waals surface area (Å²) in [6.45, 7) is 2.89. The van der Waals surface area contributed by atoms with Crippen molar-refractivity contribution in [2.45, 2.75) is 31.8 Å². The van der Waals surface area contributed by atoms with E-state index in [4.69, 9.17) is 0 Å². The molecule has 1 aliphatic rings. The molecule has 0 aliphatic carbocycles. The van der Waals surface area contributed by atoms with Crippen LogP contribution < -0.4 is 0 Å². The van der Waals surface area contributed by atoms with Gasteiger partial charge >= 0.3 is 0 Å². The van der Waals surface area contributed by atoms with Gasteiger partial charge in [-0.1, -0.05) is 30.3 Å². The van der Waals surface area contributed by atoms with E-state index in [-0.39, 0.29) is 5.91 Å². The van der Waals surface area contributed by atoms with Crippen LogP contribution in [0.5, 0.6) is 0 Å². The van der Waals surface area contributed by atoms with E-state index in [1.807, 2.05) is 30.3 Å². The fourth-order valence-electron chi connectivity index (χ4n) is 2.80. The molecule has 1 saturated heterocycles. The summed E-state index contributed by atoms with van der Waals surface area (Å²) in [5.74, 6) is 0.554. The van der Waals surface area contributed by atoms with Crippen molar-refractivity contribution >= 4 is 17.4 Å². The fourth-order valence-corrected chi connectivity index (χ4v) is 3.44. The lowest BCUT2D eigenvalue weighted by molar-refractivity contribution is -0.0162. The number of carbonyl (C=O) groups excluding carboxylic acids is 1. The van der Waals surface area contributed by atoms with Crippen molar-refractivity contribution in [3.63, 3.8) is 0 Å². The Morgan fingerprint density at radius 2 is 2.00 bits per heavy atom. The van der Waals surface area contributed by atoms with E-state index < -0.39 is 5.60 Å². The second-order valence-corrected chi connectivity index (χ2v) is 6.58. The first-order valence-corrected chi connectivity index (χ1v) is 8.19. The molecule has 0 unspecified atom stereocenters. The van der Waals surface area contributed by atoms with E-state index in [1.54, 1.807) is 11.8 Å². The third-order valence-corrected chi connectivity index (χ3v) is 4.86. The van der Waals surface area contributed by atoms with Gasteiger partial charge in [-0.3, -0.25) is 4.79 Å². The molecule has 0 spiro atoms. The van der Waals surface area contributed by atoms with Crippen LogP contribution in [0.1, 0.15) is 34.0 Å². The van der Waals surface area contributed by atoms with Gasteiger partial charge < -0.3 is 10.0 Å². The Labute approximate surface area is 133 Å². The van der Waals surface area contributed by atoms with Crippen molar-refractivity contribution in [3.8, 4) is 0 Å². The number of amides is 1. The average molecular weight is 317 g/mol. The van der Waals surface area contributed by atoms with Crippen molar-refractivity contribution in [2.75, 3.05) is 13.1 Å². The molecule has 22 heavy (non-hydrogen) atoms. The Hall–Kier alpha value is -1.79. The topological polar surface area (TPSA) is 66.3 Å². The van der Waals surface area contributed by atoms with Gasteiger partial charge in [0.05, 0.1) is 5.60 Å². The van der Waals surface area contributed by atoms with E-state index in [2.05, 4.69) is 9.36 Å². The number of hydrogen-bond acceptors (Lipinski definition) is 5. The number of aromatic nitrogens is 2. The van der Waals surface area contributed by atoms with Crippen molar-refractivity contribution < 1.29 is 9.90 Å². The van der Waals surface area contributed by atoms with Crippen LogP contribution in [0.3, 0.4) is 0 Å². The number of hydrogen-bond donors (Lipinski definition) is 1. The molecule has 0 bridgehead atoms. The van der Waals surface area contributed by atoms with Crippen LogP contribution >= 0.6 is 11.5 Å². The second kappa shape index (κ2) is 6.14. The smallest absolute Gasteiger partial charge is 0.284 e. The van der Waals surface area contributed by atoms with Crippen molar-refractivity contribution in [1.29, 1.82) is 0 Å². The van der Waals surface area contributed by atoms with Gasteiger partial charge in [0.1, 0.15) is 5.82 Å². The summed E-state index contributed by atoms with van der Waals surface area (Å²) in [5.41, 5.74) is 0.402. The number of aryl methyl sites for hydroxylation is 1. The summed E-state index contributed by atoms with van der Waals surface area (Å²) >= 11 is 1.14. The Morgan fingerprint density at radius 1 is 1.32 bits per heavy atom. The Balaban J connectivity index is 1.61. The molecule has 3 rings (SSSR count). The minimum Gasteiger partial charge on any atom is -0.389 e. The first-order valence-electron chi connectivity index (χ1n) is 7.42. The van der Waals surface area contributed by atoms with Crippen LogP contribution in [-0.2, 0) is 6.42 Å². The number of nitrogens with zero attached hydrogens (tertiary/aromatic N) is 3. The van der Waals surface area contributed by atoms with Crippen LogP contribution in [0.4, 0.5) is 0 Å². The quantitative estimate of drug-likeness (QED) is 0.941. The van der Waals surface area contributed by atoms with Gasteiger partial charge in [0.15, 0.2) is 0 Å². The molecule has 1 N–H and O–H groups in total. The Morgan fingerprint density at radius 3 is 2.59 bits per heavy atom. The Kier molecular flexibility index (Phi) is 4.22. The molecule has 2 heterocycles. The maximum atomic E-state index is 12.3. The minimum atomic E-state index is -0.727. The molecule has 0 radical (unpaired) electrons. The number of benzene rings is 1. The molecule has 2 aromatic rings. The van der Waals surface area contributed by atoms with Crippen molar-refractivity contribution in [3.05, 3.63) is 46.7 Å². The van der Waals surface area contributed by atoms with Gasteiger partial charge in [0.2, 0.25) is 5.01 Å². The predicted octanol–water partition coefficient (Wildman–Crippen LogP) is 2.06. The highest BCUT2D eigenvalue weighted by Crippen LogP contribution is 2.27. The van der Waals surface area contributed by atoms with Gasteiger partial charge in [-0.25, -0.2) is 4.98 Å². The van der Waals surface area contributed by atoms with E-state index in [0.717, 1.165) is 17.1 Å². The summed E-state index contributed by atoms with van der Waals surface area (Å²) in [4.78, 5) is 18.2. The molecule has 5 nitrogen and oxygen atoms in total. The zero-order valence-electron chi connectivity index (χ0n) is 12.5. The van der Waals surface area contributed by atoms with Gasteiger partial charge in [-0.05, 0) is 36.9 Å². The molecule has 1 fully saturated rings. The van der Waals surface area contributed by atoms with E-state index in [9.17, 15) is 9.90 Å². The van der Waals surface area contributed by atoms with E-state index in [0.29, 0.717) is 43.2 Å². The van der Waals surface area contributed by atoms with Gasteiger partial charge in [0.25, 0.3) is 5.91 Å². The molecular formula is C16H19N3O2S. The highest BCUT2D eigenvalue weighted by Gasteiger charge is 2.34. The lowest BCUT2D eigenvalue weighted by Gasteiger charge is -2.38. The number of aliphatic hydroxyl groups is 1. The molecule has 1 aliphatic heterocycles. The minimum absolute atomic E-state index is 0.0765.